The Kier molecular flexibility index (Phi) is 5.02. The Labute approximate surface area is 104 Å². The topological polar surface area (TPSA) is 13.1 Å². The number of benzene rings is 1. The summed E-state index contributed by atoms with van der Waals surface area (Å²) < 4.78 is 5.79. The fourth-order valence-electron chi connectivity index (χ4n) is 1.66. The molecule has 17 heavy (non-hydrogen) atoms. The summed E-state index contributed by atoms with van der Waals surface area (Å²) in [6.45, 7) is 10.4. The molecule has 1 aromatic heterocycles. The minimum atomic E-state index is 0.977. The maximum atomic E-state index is 5.79. The first-order valence-electron chi connectivity index (χ1n) is 6.37. The summed E-state index contributed by atoms with van der Waals surface area (Å²) in [7, 11) is 0. The molecular formula is C16H22O. The van der Waals surface area contributed by atoms with Crippen molar-refractivity contribution >= 4 is 17.0 Å². The van der Waals surface area contributed by atoms with E-state index in [4.69, 9.17) is 4.42 Å². The lowest BCUT2D eigenvalue weighted by Gasteiger charge is -1.93. The van der Waals surface area contributed by atoms with Crippen molar-refractivity contribution in [3.63, 3.8) is 0 Å². The highest BCUT2D eigenvalue weighted by Gasteiger charge is 2.06. The van der Waals surface area contributed by atoms with Crippen LogP contribution in [0.25, 0.3) is 17.0 Å². The van der Waals surface area contributed by atoms with E-state index in [9.17, 15) is 0 Å². The van der Waals surface area contributed by atoms with Gasteiger partial charge in [-0.2, -0.15) is 0 Å². The smallest absolute Gasteiger partial charge is 0.135 e. The van der Waals surface area contributed by atoms with E-state index in [0.29, 0.717) is 0 Å². The minimum absolute atomic E-state index is 0.977. The van der Waals surface area contributed by atoms with Gasteiger partial charge in [-0.1, -0.05) is 44.5 Å². The molecule has 0 amide bonds. The van der Waals surface area contributed by atoms with Crippen LogP contribution in [-0.4, -0.2) is 0 Å². The Balaban J connectivity index is 0.000000686. The molecule has 0 fully saturated rings. The molecule has 0 N–H and O–H groups in total. The Bertz CT molecular complexity index is 503. The summed E-state index contributed by atoms with van der Waals surface area (Å²) in [5.41, 5.74) is 3.56. The first-order valence-corrected chi connectivity index (χ1v) is 6.37. The first-order chi connectivity index (χ1) is 8.22. The van der Waals surface area contributed by atoms with E-state index in [1.165, 1.54) is 16.5 Å². The number of para-hydroxylation sites is 1. The normalized spacial score (nSPS) is 11.2. The lowest BCUT2D eigenvalue weighted by Crippen LogP contribution is -1.75. The fourth-order valence-corrected chi connectivity index (χ4v) is 1.66. The van der Waals surface area contributed by atoms with Crippen molar-refractivity contribution in [3.8, 4) is 0 Å². The van der Waals surface area contributed by atoms with Crippen LogP contribution in [0.15, 0.2) is 34.3 Å². The molecule has 1 heteroatoms. The predicted molar refractivity (Wildman–Crippen MR) is 76.2 cm³/mol. The van der Waals surface area contributed by atoms with Crippen molar-refractivity contribution in [1.82, 2.24) is 0 Å². The van der Waals surface area contributed by atoms with Crippen molar-refractivity contribution in [3.05, 3.63) is 41.2 Å². The van der Waals surface area contributed by atoms with Crippen LogP contribution in [0.1, 0.15) is 45.4 Å². The minimum Gasteiger partial charge on any atom is -0.456 e. The largest absolute Gasteiger partial charge is 0.456 e. The maximum absolute atomic E-state index is 5.79. The lowest BCUT2D eigenvalue weighted by atomic mass is 10.1. The second-order valence-electron chi connectivity index (χ2n) is 3.93. The monoisotopic (exact) mass is 230 g/mol. The van der Waals surface area contributed by atoms with Crippen LogP contribution in [-0.2, 0) is 0 Å². The predicted octanol–water partition coefficient (Wildman–Crippen LogP) is 5.58. The van der Waals surface area contributed by atoms with Crippen LogP contribution in [0.2, 0.25) is 0 Å². The highest BCUT2D eigenvalue weighted by molar-refractivity contribution is 5.84. The second kappa shape index (κ2) is 6.29. The average molecular weight is 230 g/mol. The molecule has 0 unspecified atom stereocenters. The summed E-state index contributed by atoms with van der Waals surface area (Å²) >= 11 is 0. The second-order valence-corrected chi connectivity index (χ2v) is 3.93. The standard InChI is InChI=1S/C14H16O.C2H6/c1-4-10(2)9-14-11(3)12-7-5-6-8-13(12)15-14;1-2/h5-9H,4H2,1-3H3;1-2H3/b10-9-;. The van der Waals surface area contributed by atoms with Crippen LogP contribution in [0.5, 0.6) is 0 Å². The molecule has 2 aromatic rings. The van der Waals surface area contributed by atoms with Gasteiger partial charge in [0.1, 0.15) is 11.3 Å². The molecular weight excluding hydrogens is 208 g/mol. The number of fused-ring (bicyclic) bond motifs is 1. The van der Waals surface area contributed by atoms with Gasteiger partial charge in [0, 0.05) is 10.9 Å². The third kappa shape index (κ3) is 3.00. The zero-order valence-electron chi connectivity index (χ0n) is 11.5. The molecule has 0 saturated heterocycles. The zero-order valence-corrected chi connectivity index (χ0v) is 11.5. The quantitative estimate of drug-likeness (QED) is 0.656. The van der Waals surface area contributed by atoms with E-state index < -0.39 is 0 Å². The molecule has 2 rings (SSSR count). The van der Waals surface area contributed by atoms with Gasteiger partial charge in [0.2, 0.25) is 0 Å². The third-order valence-corrected chi connectivity index (χ3v) is 2.82. The van der Waals surface area contributed by atoms with Gasteiger partial charge in [-0.3, -0.25) is 0 Å². The van der Waals surface area contributed by atoms with Crippen LogP contribution in [0.4, 0.5) is 0 Å². The van der Waals surface area contributed by atoms with Gasteiger partial charge in [0.25, 0.3) is 0 Å². The van der Waals surface area contributed by atoms with Crippen molar-refractivity contribution < 1.29 is 4.42 Å². The number of aryl methyl sites for hydroxylation is 1. The van der Waals surface area contributed by atoms with E-state index in [2.05, 4.69) is 32.9 Å². The number of allylic oxidation sites excluding steroid dienone is 1. The van der Waals surface area contributed by atoms with Gasteiger partial charge in [-0.05, 0) is 32.4 Å². The number of rotatable bonds is 2. The molecule has 0 aliphatic carbocycles. The zero-order chi connectivity index (χ0) is 12.8. The molecule has 0 aliphatic rings. The van der Waals surface area contributed by atoms with Crippen molar-refractivity contribution in [2.24, 2.45) is 0 Å². The number of hydrogen-bond acceptors (Lipinski definition) is 1. The highest BCUT2D eigenvalue weighted by atomic mass is 16.3. The third-order valence-electron chi connectivity index (χ3n) is 2.82. The van der Waals surface area contributed by atoms with Crippen LogP contribution >= 0.6 is 0 Å². The molecule has 0 spiro atoms. The van der Waals surface area contributed by atoms with Crippen molar-refractivity contribution in [2.75, 3.05) is 0 Å². The number of furan rings is 1. The van der Waals surface area contributed by atoms with Crippen LogP contribution in [0, 0.1) is 6.92 Å². The average Bonchev–Trinajstić information content (AvgIpc) is 2.69. The van der Waals surface area contributed by atoms with E-state index >= 15 is 0 Å². The molecule has 0 bridgehead atoms. The van der Waals surface area contributed by atoms with E-state index in [-0.39, 0.29) is 0 Å². The molecule has 0 aliphatic heterocycles. The number of hydrogen-bond donors (Lipinski definition) is 0. The van der Waals surface area contributed by atoms with Gasteiger partial charge < -0.3 is 4.42 Å². The molecule has 92 valence electrons. The van der Waals surface area contributed by atoms with Gasteiger partial charge in [-0.25, -0.2) is 0 Å². The van der Waals surface area contributed by atoms with Crippen molar-refractivity contribution in [2.45, 2.75) is 41.0 Å². The van der Waals surface area contributed by atoms with Gasteiger partial charge in [-0.15, -0.1) is 0 Å². The lowest BCUT2D eigenvalue weighted by molar-refractivity contribution is 0.600. The molecule has 0 radical (unpaired) electrons. The Morgan fingerprint density at radius 2 is 1.88 bits per heavy atom. The summed E-state index contributed by atoms with van der Waals surface area (Å²) in [4.78, 5) is 0. The van der Waals surface area contributed by atoms with E-state index in [1.54, 1.807) is 0 Å². The summed E-state index contributed by atoms with van der Waals surface area (Å²) in [5, 5.41) is 1.22. The van der Waals surface area contributed by atoms with Gasteiger partial charge in [0.15, 0.2) is 0 Å². The summed E-state index contributed by atoms with van der Waals surface area (Å²) in [6, 6.07) is 8.17. The molecule has 0 saturated carbocycles. The molecule has 1 aromatic carbocycles. The molecule has 0 atom stereocenters. The Morgan fingerprint density at radius 3 is 2.47 bits per heavy atom. The van der Waals surface area contributed by atoms with E-state index in [0.717, 1.165) is 17.8 Å². The fraction of sp³-hybridized carbons (Fsp3) is 0.375. The molecule has 1 nitrogen and oxygen atoms in total. The van der Waals surface area contributed by atoms with Crippen LogP contribution in [0.3, 0.4) is 0 Å². The summed E-state index contributed by atoms with van der Waals surface area (Å²) in [6.07, 6.45) is 3.20. The SMILES string of the molecule is CC.CC/C(C)=C\c1oc2ccccc2c1C. The Morgan fingerprint density at radius 1 is 1.24 bits per heavy atom. The first kappa shape index (κ1) is 13.6. The van der Waals surface area contributed by atoms with Crippen molar-refractivity contribution in [1.29, 1.82) is 0 Å². The van der Waals surface area contributed by atoms with Gasteiger partial charge >= 0.3 is 0 Å². The molecule has 1 heterocycles. The van der Waals surface area contributed by atoms with E-state index in [1.807, 2.05) is 32.0 Å². The van der Waals surface area contributed by atoms with Crippen LogP contribution < -0.4 is 0 Å². The maximum Gasteiger partial charge on any atom is 0.135 e. The highest BCUT2D eigenvalue weighted by Crippen LogP contribution is 2.26. The Hall–Kier alpha value is -1.50. The summed E-state index contributed by atoms with van der Waals surface area (Å²) in [5.74, 6) is 0.996. The van der Waals surface area contributed by atoms with Gasteiger partial charge in [0.05, 0.1) is 0 Å².